The molecule has 0 bridgehead atoms. The van der Waals surface area contributed by atoms with Crippen LogP contribution in [-0.4, -0.2) is 81.3 Å². The van der Waals surface area contributed by atoms with Gasteiger partial charge in [-0.3, -0.25) is 14.3 Å². The zero-order valence-corrected chi connectivity index (χ0v) is 19.9. The molecule has 0 saturated carbocycles. The topological polar surface area (TPSA) is 70.4 Å². The van der Waals surface area contributed by atoms with Gasteiger partial charge in [-0.1, -0.05) is 30.3 Å². The van der Waals surface area contributed by atoms with E-state index in [1.807, 2.05) is 29.8 Å². The number of carbonyl (C=O) groups excluding carboxylic acids is 1. The van der Waals surface area contributed by atoms with Gasteiger partial charge in [-0.2, -0.15) is 0 Å². The van der Waals surface area contributed by atoms with Gasteiger partial charge in [0.15, 0.2) is 11.6 Å². The lowest BCUT2D eigenvalue weighted by Gasteiger charge is -2.39. The van der Waals surface area contributed by atoms with Gasteiger partial charge in [-0.15, -0.1) is 10.2 Å². The molecule has 8 nitrogen and oxygen atoms in total. The molecule has 0 spiro atoms. The van der Waals surface area contributed by atoms with E-state index in [-0.39, 0.29) is 5.92 Å². The first kappa shape index (κ1) is 22.5. The van der Waals surface area contributed by atoms with Crippen LogP contribution in [0.5, 0.6) is 0 Å². The molecule has 8 heteroatoms. The highest BCUT2D eigenvalue weighted by atomic mass is 16.2. The van der Waals surface area contributed by atoms with Gasteiger partial charge in [0.1, 0.15) is 5.82 Å². The number of piperidine rings is 1. The number of imidazole rings is 1. The molecule has 1 aromatic carbocycles. The summed E-state index contributed by atoms with van der Waals surface area (Å²) < 4.78 is 1.92. The Morgan fingerprint density at radius 3 is 2.44 bits per heavy atom. The number of aromatic nitrogens is 4. The molecule has 0 N–H and O–H groups in total. The fourth-order valence-electron chi connectivity index (χ4n) is 5.00. The molecule has 34 heavy (non-hydrogen) atoms. The van der Waals surface area contributed by atoms with Crippen LogP contribution in [0.25, 0.3) is 5.82 Å². The predicted octanol–water partition coefficient (Wildman–Crippen LogP) is 2.57. The van der Waals surface area contributed by atoms with Gasteiger partial charge in [0.25, 0.3) is 0 Å². The van der Waals surface area contributed by atoms with Crippen molar-refractivity contribution < 1.29 is 4.79 Å². The summed E-state index contributed by atoms with van der Waals surface area (Å²) in [4.78, 5) is 24.3. The Bertz CT molecular complexity index is 1070. The number of hydrogen-bond donors (Lipinski definition) is 0. The van der Waals surface area contributed by atoms with Crippen LogP contribution in [0.4, 0.5) is 5.82 Å². The zero-order valence-electron chi connectivity index (χ0n) is 19.9. The van der Waals surface area contributed by atoms with E-state index in [4.69, 9.17) is 0 Å². The van der Waals surface area contributed by atoms with E-state index in [9.17, 15) is 4.79 Å². The van der Waals surface area contributed by atoms with Gasteiger partial charge in [0.05, 0.1) is 5.92 Å². The maximum Gasteiger partial charge on any atom is 0.227 e. The third-order valence-electron chi connectivity index (χ3n) is 7.05. The van der Waals surface area contributed by atoms with E-state index in [0.29, 0.717) is 12.5 Å². The van der Waals surface area contributed by atoms with E-state index in [2.05, 4.69) is 60.2 Å². The molecule has 0 radical (unpaired) electrons. The summed E-state index contributed by atoms with van der Waals surface area (Å²) in [6, 6.07) is 14.6. The van der Waals surface area contributed by atoms with E-state index in [1.165, 1.54) is 5.56 Å². The van der Waals surface area contributed by atoms with Crippen molar-refractivity contribution in [2.24, 2.45) is 5.92 Å². The molecule has 4 heterocycles. The van der Waals surface area contributed by atoms with Crippen LogP contribution < -0.4 is 4.90 Å². The Labute approximate surface area is 201 Å². The summed E-state index contributed by atoms with van der Waals surface area (Å²) >= 11 is 0. The second-order valence-corrected chi connectivity index (χ2v) is 9.28. The van der Waals surface area contributed by atoms with E-state index >= 15 is 0 Å². The summed E-state index contributed by atoms with van der Waals surface area (Å²) in [6.45, 7) is 8.17. The van der Waals surface area contributed by atoms with Crippen molar-refractivity contribution in [3.63, 3.8) is 0 Å². The minimum absolute atomic E-state index is 0.0296. The Balaban J connectivity index is 1.13. The normalized spacial score (nSPS) is 19.4. The highest BCUT2D eigenvalue weighted by Gasteiger charge is 2.31. The van der Waals surface area contributed by atoms with Crippen molar-refractivity contribution in [3.8, 4) is 5.82 Å². The minimum Gasteiger partial charge on any atom is -0.354 e. The maximum absolute atomic E-state index is 13.3. The summed E-state index contributed by atoms with van der Waals surface area (Å²) in [5.74, 6) is 2.80. The van der Waals surface area contributed by atoms with Gasteiger partial charge in [-0.05, 0) is 43.9 Å². The van der Waals surface area contributed by atoms with Gasteiger partial charge in [0, 0.05) is 58.2 Å². The molecule has 178 valence electrons. The lowest BCUT2D eigenvalue weighted by molar-refractivity contribution is -0.137. The number of rotatable bonds is 6. The molecule has 3 aromatic rings. The molecule has 0 aliphatic carbocycles. The van der Waals surface area contributed by atoms with Crippen LogP contribution in [0.2, 0.25) is 0 Å². The molecular formula is C26H33N7O. The van der Waals surface area contributed by atoms with Gasteiger partial charge < -0.3 is 9.80 Å². The molecule has 2 saturated heterocycles. The van der Waals surface area contributed by atoms with Crippen LogP contribution in [0.1, 0.15) is 24.2 Å². The van der Waals surface area contributed by atoms with Crippen LogP contribution in [0.15, 0.2) is 54.9 Å². The Kier molecular flexibility index (Phi) is 6.85. The monoisotopic (exact) mass is 459 g/mol. The predicted molar refractivity (Wildman–Crippen MR) is 132 cm³/mol. The Hall–Kier alpha value is -3.26. The number of amides is 1. The Morgan fingerprint density at radius 1 is 0.971 bits per heavy atom. The first-order chi connectivity index (χ1) is 16.7. The van der Waals surface area contributed by atoms with Crippen LogP contribution in [0.3, 0.4) is 0 Å². The van der Waals surface area contributed by atoms with Crippen molar-refractivity contribution in [1.29, 1.82) is 0 Å². The molecule has 2 aromatic heterocycles. The first-order valence-corrected chi connectivity index (χ1v) is 12.3. The van der Waals surface area contributed by atoms with E-state index in [1.54, 1.807) is 6.20 Å². The highest BCUT2D eigenvalue weighted by Crippen LogP contribution is 2.24. The number of piperazine rings is 1. The van der Waals surface area contributed by atoms with E-state index < -0.39 is 0 Å². The lowest BCUT2D eigenvalue weighted by Crippen LogP contribution is -2.52. The second kappa shape index (κ2) is 10.3. The third kappa shape index (κ3) is 5.12. The summed E-state index contributed by atoms with van der Waals surface area (Å²) in [7, 11) is 0. The van der Waals surface area contributed by atoms with Crippen molar-refractivity contribution in [2.75, 3.05) is 50.7 Å². The number of anilines is 1. The number of aryl methyl sites for hydroxylation is 1. The SMILES string of the molecule is Cc1nccn1-c1ccc(N2CCCC(C(=O)N3CCN(CCc4ccccc4)CC3)C2)nn1. The minimum atomic E-state index is 0.0296. The molecule has 1 amide bonds. The molecule has 1 atom stereocenters. The maximum atomic E-state index is 13.3. The largest absolute Gasteiger partial charge is 0.354 e. The number of benzene rings is 1. The standard InChI is InChI=1S/C26H33N7O/c1-21-27-12-15-33(21)25-10-9-24(28-29-25)32-13-5-8-23(20-32)26(34)31-18-16-30(17-19-31)14-11-22-6-3-2-4-7-22/h2-4,6-7,9-10,12,15,23H,5,8,11,13-14,16-20H2,1H3. The van der Waals surface area contributed by atoms with Crippen LogP contribution >= 0.6 is 0 Å². The lowest BCUT2D eigenvalue weighted by atomic mass is 9.96. The summed E-state index contributed by atoms with van der Waals surface area (Å²) in [5.41, 5.74) is 1.37. The van der Waals surface area contributed by atoms with Crippen molar-refractivity contribution >= 4 is 11.7 Å². The number of hydrogen-bond acceptors (Lipinski definition) is 6. The summed E-state index contributed by atoms with van der Waals surface area (Å²) in [6.07, 6.45) is 6.65. The number of nitrogens with zero attached hydrogens (tertiary/aromatic N) is 7. The van der Waals surface area contributed by atoms with Gasteiger partial charge >= 0.3 is 0 Å². The average Bonchev–Trinajstić information content (AvgIpc) is 3.34. The molecule has 2 fully saturated rings. The Morgan fingerprint density at radius 2 is 1.74 bits per heavy atom. The molecule has 2 aliphatic rings. The molecule has 2 aliphatic heterocycles. The quantitative estimate of drug-likeness (QED) is 0.564. The first-order valence-electron chi connectivity index (χ1n) is 12.3. The third-order valence-corrected chi connectivity index (χ3v) is 7.05. The fraction of sp³-hybridized carbons (Fsp3) is 0.462. The van der Waals surface area contributed by atoms with Crippen molar-refractivity contribution in [3.05, 3.63) is 66.2 Å². The average molecular weight is 460 g/mol. The molecular weight excluding hydrogens is 426 g/mol. The van der Waals surface area contributed by atoms with Crippen molar-refractivity contribution in [1.82, 2.24) is 29.5 Å². The van der Waals surface area contributed by atoms with Crippen LogP contribution in [0, 0.1) is 12.8 Å². The van der Waals surface area contributed by atoms with Crippen LogP contribution in [-0.2, 0) is 11.2 Å². The molecule has 5 rings (SSSR count). The molecule has 1 unspecified atom stereocenters. The number of carbonyl (C=O) groups is 1. The smallest absolute Gasteiger partial charge is 0.227 e. The highest BCUT2D eigenvalue weighted by molar-refractivity contribution is 5.80. The van der Waals surface area contributed by atoms with Crippen molar-refractivity contribution in [2.45, 2.75) is 26.2 Å². The fourth-order valence-corrected chi connectivity index (χ4v) is 5.00. The summed E-state index contributed by atoms with van der Waals surface area (Å²) in [5, 5.41) is 8.85. The van der Waals surface area contributed by atoms with E-state index in [0.717, 1.165) is 76.0 Å². The zero-order chi connectivity index (χ0) is 23.3. The van der Waals surface area contributed by atoms with Gasteiger partial charge in [0.2, 0.25) is 5.91 Å². The second-order valence-electron chi connectivity index (χ2n) is 9.28. The van der Waals surface area contributed by atoms with Gasteiger partial charge in [-0.25, -0.2) is 4.98 Å².